The zero-order valence-corrected chi connectivity index (χ0v) is 30.5. The van der Waals surface area contributed by atoms with Crippen molar-refractivity contribution in [2.45, 2.75) is 0 Å². The van der Waals surface area contributed by atoms with Gasteiger partial charge in [-0.1, -0.05) is 127 Å². The van der Waals surface area contributed by atoms with Gasteiger partial charge < -0.3 is 4.40 Å². The molecular formula is C52H29N5. The van der Waals surface area contributed by atoms with Crippen LogP contribution in [0.3, 0.4) is 0 Å². The molecule has 57 heavy (non-hydrogen) atoms. The maximum absolute atomic E-state index is 5.62. The van der Waals surface area contributed by atoms with Gasteiger partial charge in [-0.15, -0.1) is 0 Å². The highest BCUT2D eigenvalue weighted by molar-refractivity contribution is 6.39. The molecule has 0 bridgehead atoms. The van der Waals surface area contributed by atoms with Crippen molar-refractivity contribution >= 4 is 114 Å². The minimum atomic E-state index is 0.794. The normalized spacial score (nSPS) is 12.6. The second-order valence-corrected chi connectivity index (χ2v) is 15.3. The van der Waals surface area contributed by atoms with Crippen molar-refractivity contribution in [2.75, 3.05) is 0 Å². The van der Waals surface area contributed by atoms with Crippen molar-refractivity contribution in [1.82, 2.24) is 23.5 Å². The van der Waals surface area contributed by atoms with Crippen LogP contribution in [0.1, 0.15) is 0 Å². The van der Waals surface area contributed by atoms with E-state index in [9.17, 15) is 0 Å². The van der Waals surface area contributed by atoms with Crippen LogP contribution in [0, 0.1) is 0 Å². The minimum absolute atomic E-state index is 0.794. The summed E-state index contributed by atoms with van der Waals surface area (Å²) >= 11 is 0. The molecule has 0 amide bonds. The maximum atomic E-state index is 5.62. The van der Waals surface area contributed by atoms with Gasteiger partial charge in [0.1, 0.15) is 0 Å². The Morgan fingerprint density at radius 3 is 1.44 bits per heavy atom. The average Bonchev–Trinajstić information content (AvgIpc) is 4.00. The van der Waals surface area contributed by atoms with Gasteiger partial charge in [0.25, 0.3) is 0 Å². The molecule has 0 aliphatic rings. The van der Waals surface area contributed by atoms with Crippen molar-refractivity contribution in [3.8, 4) is 11.6 Å². The summed E-state index contributed by atoms with van der Waals surface area (Å²) in [5, 5.41) is 14.8. The molecule has 0 fully saturated rings. The fourth-order valence-electron chi connectivity index (χ4n) is 10.3. The highest BCUT2D eigenvalue weighted by Crippen LogP contribution is 2.49. The molecule has 0 aliphatic heterocycles. The van der Waals surface area contributed by atoms with Crippen molar-refractivity contribution < 1.29 is 0 Å². The molecule has 5 aromatic heterocycles. The molecule has 14 aromatic rings. The summed E-state index contributed by atoms with van der Waals surface area (Å²) in [7, 11) is 0. The first-order valence-electron chi connectivity index (χ1n) is 19.5. The van der Waals surface area contributed by atoms with Crippen LogP contribution in [-0.4, -0.2) is 23.5 Å². The van der Waals surface area contributed by atoms with Crippen LogP contribution < -0.4 is 0 Å². The molecule has 5 nitrogen and oxygen atoms in total. The van der Waals surface area contributed by atoms with E-state index in [1.807, 2.05) is 0 Å². The number of benzene rings is 9. The number of rotatable bonds is 2. The molecule has 0 saturated carbocycles. The van der Waals surface area contributed by atoms with Crippen molar-refractivity contribution in [3.63, 3.8) is 0 Å². The quantitative estimate of drug-likeness (QED) is 0.178. The van der Waals surface area contributed by atoms with Crippen LogP contribution in [0.25, 0.3) is 126 Å². The Bertz CT molecular complexity index is 4050. The predicted octanol–water partition coefficient (Wildman–Crippen LogP) is 13.3. The summed E-state index contributed by atoms with van der Waals surface area (Å²) in [6.07, 6.45) is 0. The number of nitrogens with zero attached hydrogens (tertiary/aromatic N) is 5. The van der Waals surface area contributed by atoms with Gasteiger partial charge in [-0.2, -0.15) is 0 Å². The smallest absolute Gasteiger partial charge is 0.182 e. The van der Waals surface area contributed by atoms with Crippen LogP contribution in [0.15, 0.2) is 176 Å². The molecule has 0 unspecified atom stereocenters. The number of fused-ring (bicyclic) bond motifs is 18. The van der Waals surface area contributed by atoms with Gasteiger partial charge in [0.2, 0.25) is 0 Å². The summed E-state index contributed by atoms with van der Waals surface area (Å²) < 4.78 is 7.24. The van der Waals surface area contributed by atoms with Crippen LogP contribution in [0.4, 0.5) is 0 Å². The Labute approximate surface area is 324 Å². The van der Waals surface area contributed by atoms with Crippen molar-refractivity contribution in [2.24, 2.45) is 0 Å². The fourth-order valence-corrected chi connectivity index (χ4v) is 10.3. The lowest BCUT2D eigenvalue weighted by Gasteiger charge is -2.16. The molecule has 14 rings (SSSR count). The van der Waals surface area contributed by atoms with E-state index in [0.29, 0.717) is 0 Å². The second kappa shape index (κ2) is 10.5. The third kappa shape index (κ3) is 3.64. The zero-order valence-electron chi connectivity index (χ0n) is 30.5. The van der Waals surface area contributed by atoms with E-state index in [4.69, 9.17) is 9.97 Å². The number of hydrogen-bond acceptors (Lipinski definition) is 2. The first-order chi connectivity index (χ1) is 28.3. The summed E-state index contributed by atoms with van der Waals surface area (Å²) in [6.45, 7) is 0. The van der Waals surface area contributed by atoms with Crippen molar-refractivity contribution in [1.29, 1.82) is 0 Å². The summed E-state index contributed by atoms with van der Waals surface area (Å²) in [6, 6.07) is 63.7. The Balaban J connectivity index is 1.23. The van der Waals surface area contributed by atoms with Crippen LogP contribution >= 0.6 is 0 Å². The molecule has 262 valence electrons. The van der Waals surface area contributed by atoms with Crippen LogP contribution in [0.5, 0.6) is 0 Å². The van der Waals surface area contributed by atoms with Gasteiger partial charge in [-0.3, -0.25) is 9.13 Å². The maximum Gasteiger partial charge on any atom is 0.182 e. The van der Waals surface area contributed by atoms with E-state index in [0.717, 1.165) is 44.7 Å². The predicted molar refractivity (Wildman–Crippen MR) is 238 cm³/mol. The highest BCUT2D eigenvalue weighted by atomic mass is 15.2. The van der Waals surface area contributed by atoms with Gasteiger partial charge in [0.05, 0.1) is 49.7 Å². The van der Waals surface area contributed by atoms with Crippen molar-refractivity contribution in [3.05, 3.63) is 176 Å². The standard InChI is InChI=1S/C52H29N5/c1-3-15-32-30(13-1)25-27-43-46(32)35-18-6-11-23-41(35)56(43)51-52(54-39-21-9-8-20-38(39)53-51)57-42-24-12-7-19-36(42)48-45(57)29-37-34-17-5-10-22-40(34)55-44-28-26-31-14-2-4-16-33(31)47(44)49(48)50(37)55/h1-29H. The first-order valence-corrected chi connectivity index (χ1v) is 19.5. The molecule has 9 aromatic carbocycles. The third-order valence-electron chi connectivity index (χ3n) is 12.5. The van der Waals surface area contributed by atoms with E-state index >= 15 is 0 Å². The van der Waals surface area contributed by atoms with Gasteiger partial charge in [0, 0.05) is 43.1 Å². The third-order valence-corrected chi connectivity index (χ3v) is 12.5. The molecule has 0 N–H and O–H groups in total. The number of para-hydroxylation sites is 5. The molecule has 0 radical (unpaired) electrons. The second-order valence-electron chi connectivity index (χ2n) is 15.3. The lowest BCUT2D eigenvalue weighted by Crippen LogP contribution is -2.09. The van der Waals surface area contributed by atoms with Crippen LogP contribution in [0.2, 0.25) is 0 Å². The summed E-state index contributed by atoms with van der Waals surface area (Å²) in [4.78, 5) is 11.2. The largest absolute Gasteiger partial charge is 0.308 e. The summed E-state index contributed by atoms with van der Waals surface area (Å²) in [5.41, 5.74) is 9.82. The molecule has 5 heterocycles. The first kappa shape index (κ1) is 29.6. The SMILES string of the molecule is c1ccc2c(c1)ccc1c2c2ccccc2n1-c1nc2ccccc2nc1-n1c2ccccc2c2c3c4c5ccccc5ccc4n4c5ccccc5c(cc21)c34. The minimum Gasteiger partial charge on any atom is -0.308 e. The Morgan fingerprint density at radius 2 is 0.772 bits per heavy atom. The van der Waals surface area contributed by atoms with E-state index in [2.05, 4.69) is 189 Å². The molecule has 0 aliphatic carbocycles. The molecule has 5 heteroatoms. The highest BCUT2D eigenvalue weighted by Gasteiger charge is 2.28. The summed E-state index contributed by atoms with van der Waals surface area (Å²) in [5.74, 6) is 1.59. The Kier molecular flexibility index (Phi) is 5.45. The topological polar surface area (TPSA) is 40.0 Å². The molecule has 0 spiro atoms. The molecule has 0 atom stereocenters. The molecular weight excluding hydrogens is 695 g/mol. The van der Waals surface area contributed by atoms with E-state index < -0.39 is 0 Å². The van der Waals surface area contributed by atoms with Gasteiger partial charge in [0.15, 0.2) is 11.6 Å². The Morgan fingerprint density at radius 1 is 0.298 bits per heavy atom. The fraction of sp³-hybridized carbons (Fsp3) is 0. The van der Waals surface area contributed by atoms with Gasteiger partial charge in [-0.25, -0.2) is 9.97 Å². The average molecular weight is 724 g/mol. The molecule has 0 saturated heterocycles. The monoisotopic (exact) mass is 723 g/mol. The lowest BCUT2D eigenvalue weighted by atomic mass is 9.98. The van der Waals surface area contributed by atoms with Gasteiger partial charge >= 0.3 is 0 Å². The van der Waals surface area contributed by atoms with E-state index in [1.165, 1.54) is 81.2 Å². The van der Waals surface area contributed by atoms with E-state index in [1.54, 1.807) is 0 Å². The Hall–Kier alpha value is -7.76. The number of hydrogen-bond donors (Lipinski definition) is 0. The lowest BCUT2D eigenvalue weighted by molar-refractivity contribution is 0.996. The number of aromatic nitrogens is 5. The van der Waals surface area contributed by atoms with Crippen LogP contribution in [-0.2, 0) is 0 Å². The zero-order chi connectivity index (χ0) is 36.9. The van der Waals surface area contributed by atoms with E-state index in [-0.39, 0.29) is 0 Å². The van der Waals surface area contributed by atoms with Gasteiger partial charge in [-0.05, 0) is 70.1 Å².